The monoisotopic (exact) mass is 464 g/mol. The zero-order valence-corrected chi connectivity index (χ0v) is 19.5. The molecule has 0 radical (unpaired) electrons. The molecule has 1 heterocycles. The van der Waals surface area contributed by atoms with Gasteiger partial charge in [0.15, 0.2) is 0 Å². The smallest absolute Gasteiger partial charge is 0.407 e. The maximum absolute atomic E-state index is 13.2. The summed E-state index contributed by atoms with van der Waals surface area (Å²) < 4.78 is 5.62. The van der Waals surface area contributed by atoms with Crippen LogP contribution in [0.5, 0.6) is 0 Å². The minimum Gasteiger partial charge on any atom is -0.481 e. The van der Waals surface area contributed by atoms with Crippen molar-refractivity contribution in [1.29, 1.82) is 0 Å². The van der Waals surface area contributed by atoms with Crippen LogP contribution < -0.4 is 5.32 Å². The molecule has 4 rings (SSSR count). The van der Waals surface area contributed by atoms with Gasteiger partial charge in [0.05, 0.1) is 0 Å². The molecule has 0 spiro atoms. The topological polar surface area (TPSA) is 95.9 Å². The number of ether oxygens (including phenoxy) is 1. The van der Waals surface area contributed by atoms with Crippen molar-refractivity contribution < 1.29 is 24.2 Å². The normalized spacial score (nSPS) is 18.0. The van der Waals surface area contributed by atoms with Gasteiger partial charge in [0.1, 0.15) is 12.6 Å². The van der Waals surface area contributed by atoms with E-state index in [1.807, 2.05) is 31.2 Å². The number of hydrogen-bond donors (Lipinski definition) is 2. The van der Waals surface area contributed by atoms with Gasteiger partial charge < -0.3 is 20.1 Å². The molecule has 7 nitrogen and oxygen atoms in total. The Morgan fingerprint density at radius 2 is 1.71 bits per heavy atom. The van der Waals surface area contributed by atoms with Crippen LogP contribution in [0.1, 0.15) is 62.5 Å². The molecule has 2 amide bonds. The molecule has 7 heteroatoms. The van der Waals surface area contributed by atoms with Crippen molar-refractivity contribution in [2.45, 2.75) is 63.5 Å². The summed E-state index contributed by atoms with van der Waals surface area (Å²) in [4.78, 5) is 38.7. The first kappa shape index (κ1) is 23.8. The van der Waals surface area contributed by atoms with Crippen molar-refractivity contribution in [1.82, 2.24) is 10.2 Å². The van der Waals surface area contributed by atoms with Crippen molar-refractivity contribution >= 4 is 18.0 Å². The second kappa shape index (κ2) is 10.7. The Morgan fingerprint density at radius 1 is 1.06 bits per heavy atom. The molecular formula is C27H32N2O5. The summed E-state index contributed by atoms with van der Waals surface area (Å²) in [7, 11) is 0. The number of carboxylic acid groups (broad SMARTS) is 1. The van der Waals surface area contributed by atoms with Gasteiger partial charge in [-0.15, -0.1) is 0 Å². The third-order valence-electron chi connectivity index (χ3n) is 6.94. The molecule has 0 bridgehead atoms. The number of likely N-dealkylation sites (tertiary alicyclic amines) is 1. The highest BCUT2D eigenvalue weighted by atomic mass is 16.5. The van der Waals surface area contributed by atoms with Crippen molar-refractivity contribution in [3.63, 3.8) is 0 Å². The molecule has 0 saturated carbocycles. The summed E-state index contributed by atoms with van der Waals surface area (Å²) in [5.41, 5.74) is 4.58. The molecule has 34 heavy (non-hydrogen) atoms. The number of benzene rings is 2. The number of carboxylic acids is 1. The van der Waals surface area contributed by atoms with Crippen molar-refractivity contribution in [3.8, 4) is 11.1 Å². The van der Waals surface area contributed by atoms with Gasteiger partial charge in [-0.2, -0.15) is 0 Å². The molecule has 2 N–H and O–H groups in total. The van der Waals surface area contributed by atoms with Gasteiger partial charge in [0.2, 0.25) is 5.91 Å². The van der Waals surface area contributed by atoms with Crippen LogP contribution in [-0.2, 0) is 14.3 Å². The van der Waals surface area contributed by atoms with E-state index >= 15 is 0 Å². The Hall–Kier alpha value is -3.35. The molecule has 1 unspecified atom stereocenters. The van der Waals surface area contributed by atoms with Crippen molar-refractivity contribution in [2.24, 2.45) is 0 Å². The zero-order valence-electron chi connectivity index (χ0n) is 19.5. The maximum atomic E-state index is 13.2. The highest BCUT2D eigenvalue weighted by Gasteiger charge is 2.33. The number of hydrogen-bond acceptors (Lipinski definition) is 4. The largest absolute Gasteiger partial charge is 0.481 e. The number of nitrogens with one attached hydrogen (secondary N) is 1. The van der Waals surface area contributed by atoms with Crippen molar-refractivity contribution in [2.75, 3.05) is 13.2 Å². The molecule has 1 saturated heterocycles. The number of fused-ring (bicyclic) bond motifs is 3. The first-order valence-corrected chi connectivity index (χ1v) is 12.1. The molecule has 0 aromatic heterocycles. The van der Waals surface area contributed by atoms with Crippen LogP contribution in [0.4, 0.5) is 4.79 Å². The standard InChI is InChI=1S/C27H32N2O5/c1-2-24(26(32)29-16-8-7-9-18(29)14-15-25(30)31)28-27(33)34-17-23-21-12-5-3-10-19(21)20-11-4-6-13-22(20)23/h3-6,10-13,18,23-24H,2,7-9,14-17H2,1H3,(H,28,33)(H,30,31)/t18?,24-/m0/s1. The van der Waals surface area contributed by atoms with Gasteiger partial charge in [-0.1, -0.05) is 55.5 Å². The van der Waals surface area contributed by atoms with Gasteiger partial charge in [-0.3, -0.25) is 9.59 Å². The Morgan fingerprint density at radius 3 is 2.32 bits per heavy atom. The highest BCUT2D eigenvalue weighted by Crippen LogP contribution is 2.44. The lowest BCUT2D eigenvalue weighted by molar-refractivity contribution is -0.141. The van der Waals surface area contributed by atoms with Crippen LogP contribution in [-0.4, -0.2) is 53.2 Å². The second-order valence-electron chi connectivity index (χ2n) is 9.04. The third-order valence-corrected chi connectivity index (χ3v) is 6.94. The SMILES string of the molecule is CC[C@H](NC(=O)OCC1c2ccccc2-c2ccccc21)C(=O)N1CCCCC1CCC(=O)O. The van der Waals surface area contributed by atoms with E-state index in [1.165, 1.54) is 0 Å². The maximum Gasteiger partial charge on any atom is 0.407 e. The first-order valence-electron chi connectivity index (χ1n) is 12.1. The summed E-state index contributed by atoms with van der Waals surface area (Å²) in [6.45, 7) is 2.63. The molecule has 180 valence electrons. The van der Waals surface area contributed by atoms with E-state index in [9.17, 15) is 14.4 Å². The van der Waals surface area contributed by atoms with E-state index in [1.54, 1.807) is 4.90 Å². The summed E-state index contributed by atoms with van der Waals surface area (Å²) in [6, 6.07) is 15.5. The molecule has 1 aliphatic heterocycles. The Balaban J connectivity index is 1.38. The number of nitrogens with zero attached hydrogens (tertiary/aromatic N) is 1. The molecule has 2 aromatic carbocycles. The molecule has 2 aliphatic rings. The summed E-state index contributed by atoms with van der Waals surface area (Å²) in [5.74, 6) is -1.07. The van der Waals surface area contributed by atoms with Crippen molar-refractivity contribution in [3.05, 3.63) is 59.7 Å². The lowest BCUT2D eigenvalue weighted by Crippen LogP contribution is -2.53. The summed E-state index contributed by atoms with van der Waals surface area (Å²) >= 11 is 0. The fourth-order valence-corrected chi connectivity index (χ4v) is 5.20. The van der Waals surface area contributed by atoms with Crippen LogP contribution in [0, 0.1) is 0 Å². The van der Waals surface area contributed by atoms with Gasteiger partial charge in [-0.25, -0.2) is 4.79 Å². The predicted molar refractivity (Wildman–Crippen MR) is 129 cm³/mol. The highest BCUT2D eigenvalue weighted by molar-refractivity contribution is 5.86. The average molecular weight is 465 g/mol. The van der Waals surface area contributed by atoms with Crippen LogP contribution in [0.3, 0.4) is 0 Å². The van der Waals surface area contributed by atoms with Gasteiger partial charge in [-0.05, 0) is 54.4 Å². The zero-order chi connectivity index (χ0) is 24.1. The van der Waals surface area contributed by atoms with E-state index in [2.05, 4.69) is 29.6 Å². The number of amides is 2. The van der Waals surface area contributed by atoms with Crippen LogP contribution in [0.2, 0.25) is 0 Å². The lowest BCUT2D eigenvalue weighted by atomic mass is 9.96. The van der Waals surface area contributed by atoms with Crippen LogP contribution in [0.25, 0.3) is 11.1 Å². The minimum absolute atomic E-state index is 0.0328. The van der Waals surface area contributed by atoms with E-state index in [4.69, 9.17) is 9.84 Å². The molecule has 2 aromatic rings. The lowest BCUT2D eigenvalue weighted by Gasteiger charge is -2.37. The quantitative estimate of drug-likeness (QED) is 0.598. The van der Waals surface area contributed by atoms with E-state index < -0.39 is 18.1 Å². The number of carbonyl (C=O) groups is 3. The molecular weight excluding hydrogens is 432 g/mol. The number of alkyl carbamates (subject to hydrolysis) is 1. The predicted octanol–water partition coefficient (Wildman–Crippen LogP) is 4.55. The van der Waals surface area contributed by atoms with Gasteiger partial charge in [0, 0.05) is 24.9 Å². The minimum atomic E-state index is -0.859. The van der Waals surface area contributed by atoms with E-state index in [0.29, 0.717) is 19.4 Å². The fraction of sp³-hybridized carbons (Fsp3) is 0.444. The number of carbonyl (C=O) groups excluding carboxylic acids is 2. The Kier molecular flexibility index (Phi) is 7.50. The second-order valence-corrected chi connectivity index (χ2v) is 9.04. The van der Waals surface area contributed by atoms with Gasteiger partial charge in [0.25, 0.3) is 0 Å². The van der Waals surface area contributed by atoms with E-state index in [-0.39, 0.29) is 30.9 Å². The van der Waals surface area contributed by atoms with Crippen LogP contribution in [0.15, 0.2) is 48.5 Å². The van der Waals surface area contributed by atoms with Crippen LogP contribution >= 0.6 is 0 Å². The molecule has 1 fully saturated rings. The molecule has 2 atom stereocenters. The summed E-state index contributed by atoms with van der Waals surface area (Å²) in [5, 5.41) is 11.8. The first-order chi connectivity index (χ1) is 16.5. The fourth-order valence-electron chi connectivity index (χ4n) is 5.20. The molecule has 1 aliphatic carbocycles. The van der Waals surface area contributed by atoms with E-state index in [0.717, 1.165) is 41.5 Å². The number of piperidine rings is 1. The van der Waals surface area contributed by atoms with Gasteiger partial charge >= 0.3 is 12.1 Å². The number of rotatable bonds is 8. The number of aliphatic carboxylic acids is 1. The third kappa shape index (κ3) is 5.08. The average Bonchev–Trinajstić information content (AvgIpc) is 3.18. The Bertz CT molecular complexity index is 1010. The Labute approximate surface area is 200 Å². The summed E-state index contributed by atoms with van der Waals surface area (Å²) in [6.07, 6.45) is 2.95.